The Labute approximate surface area is 90.9 Å². The maximum absolute atomic E-state index is 12.1. The zero-order valence-electron chi connectivity index (χ0n) is 9.33. The van der Waals surface area contributed by atoms with Gasteiger partial charge in [0, 0.05) is 5.41 Å². The third-order valence-corrected chi connectivity index (χ3v) is 5.98. The summed E-state index contributed by atoms with van der Waals surface area (Å²) in [5, 5.41) is 0. The monoisotopic (exact) mass is 202 g/mol. The Morgan fingerprint density at radius 2 is 2.13 bits per heavy atom. The number of carbonyl (C=O) groups excluding carboxylic acids is 1. The maximum Gasteiger partial charge on any atom is 0.162 e. The molecular weight excluding hydrogens is 184 g/mol. The summed E-state index contributed by atoms with van der Waals surface area (Å²) >= 11 is 0. The third kappa shape index (κ3) is 0.847. The summed E-state index contributed by atoms with van der Waals surface area (Å²) in [5.41, 5.74) is 0.725. The number of allylic oxidation sites excluding steroid dienone is 2. The van der Waals surface area contributed by atoms with Crippen molar-refractivity contribution in [3.05, 3.63) is 12.2 Å². The van der Waals surface area contributed by atoms with E-state index in [1.54, 1.807) is 0 Å². The van der Waals surface area contributed by atoms with Crippen molar-refractivity contribution in [1.82, 2.24) is 0 Å². The highest BCUT2D eigenvalue weighted by molar-refractivity contribution is 5.98. The van der Waals surface area contributed by atoms with Gasteiger partial charge in [-0.3, -0.25) is 4.79 Å². The van der Waals surface area contributed by atoms with Gasteiger partial charge >= 0.3 is 0 Å². The SMILES string of the molecule is C[C@@]12C(=O)C=C[C@@H]1C[C@H]1CC3(CC3)C[C@H]12. The molecule has 4 aliphatic rings. The molecule has 0 aliphatic heterocycles. The molecule has 0 aromatic carbocycles. The van der Waals surface area contributed by atoms with E-state index in [1.807, 2.05) is 6.08 Å². The fraction of sp³-hybridized carbons (Fsp3) is 0.786. The van der Waals surface area contributed by atoms with Gasteiger partial charge in [-0.25, -0.2) is 0 Å². The Balaban J connectivity index is 1.74. The van der Waals surface area contributed by atoms with E-state index in [1.165, 1.54) is 32.1 Å². The van der Waals surface area contributed by atoms with Crippen LogP contribution in [0.5, 0.6) is 0 Å². The number of hydrogen-bond donors (Lipinski definition) is 0. The molecule has 0 saturated heterocycles. The van der Waals surface area contributed by atoms with Crippen molar-refractivity contribution in [3.63, 3.8) is 0 Å². The van der Waals surface area contributed by atoms with Crippen molar-refractivity contribution in [1.29, 1.82) is 0 Å². The predicted octanol–water partition coefficient (Wildman–Crippen LogP) is 2.96. The maximum atomic E-state index is 12.1. The third-order valence-electron chi connectivity index (χ3n) is 5.98. The van der Waals surface area contributed by atoms with E-state index in [9.17, 15) is 4.79 Å². The average Bonchev–Trinajstić information content (AvgIpc) is 2.67. The molecule has 0 radical (unpaired) electrons. The lowest BCUT2D eigenvalue weighted by molar-refractivity contribution is -0.125. The molecule has 1 heteroatoms. The van der Waals surface area contributed by atoms with E-state index in [0.717, 1.165) is 5.92 Å². The Hall–Kier alpha value is -0.590. The van der Waals surface area contributed by atoms with Crippen LogP contribution in [0.15, 0.2) is 12.2 Å². The van der Waals surface area contributed by atoms with Crippen LogP contribution in [0.4, 0.5) is 0 Å². The van der Waals surface area contributed by atoms with Crippen LogP contribution < -0.4 is 0 Å². The first-order valence-corrected chi connectivity index (χ1v) is 6.37. The van der Waals surface area contributed by atoms with Gasteiger partial charge in [-0.05, 0) is 61.3 Å². The van der Waals surface area contributed by atoms with Gasteiger partial charge in [0.15, 0.2) is 5.78 Å². The van der Waals surface area contributed by atoms with Gasteiger partial charge in [0.05, 0.1) is 0 Å². The molecular formula is C14H18O. The van der Waals surface area contributed by atoms with Crippen LogP contribution in [0.25, 0.3) is 0 Å². The van der Waals surface area contributed by atoms with E-state index in [0.29, 0.717) is 23.0 Å². The zero-order valence-corrected chi connectivity index (χ0v) is 9.33. The molecule has 80 valence electrons. The Bertz CT molecular complexity index is 377. The van der Waals surface area contributed by atoms with Crippen molar-refractivity contribution < 1.29 is 4.79 Å². The van der Waals surface area contributed by atoms with Gasteiger partial charge in [0.25, 0.3) is 0 Å². The topological polar surface area (TPSA) is 17.1 Å². The molecule has 0 bridgehead atoms. The molecule has 0 aromatic heterocycles. The lowest BCUT2D eigenvalue weighted by atomic mass is 9.72. The van der Waals surface area contributed by atoms with Gasteiger partial charge < -0.3 is 0 Å². The largest absolute Gasteiger partial charge is 0.294 e. The molecule has 15 heavy (non-hydrogen) atoms. The number of carbonyl (C=O) groups is 1. The van der Waals surface area contributed by atoms with Crippen LogP contribution in [0.1, 0.15) is 39.0 Å². The van der Waals surface area contributed by atoms with Gasteiger partial charge in [-0.15, -0.1) is 0 Å². The van der Waals surface area contributed by atoms with Crippen molar-refractivity contribution in [3.8, 4) is 0 Å². The number of fused-ring (bicyclic) bond motifs is 3. The van der Waals surface area contributed by atoms with Crippen molar-refractivity contribution in [2.24, 2.45) is 28.6 Å². The summed E-state index contributed by atoms with van der Waals surface area (Å²) in [6.45, 7) is 2.24. The van der Waals surface area contributed by atoms with Gasteiger partial charge in [0.1, 0.15) is 0 Å². The summed E-state index contributed by atoms with van der Waals surface area (Å²) in [5.74, 6) is 2.60. The van der Waals surface area contributed by atoms with Gasteiger partial charge in [-0.2, -0.15) is 0 Å². The van der Waals surface area contributed by atoms with Crippen LogP contribution in [0, 0.1) is 28.6 Å². The molecule has 4 aliphatic carbocycles. The normalized spacial score (nSPS) is 53.7. The highest BCUT2D eigenvalue weighted by Crippen LogP contribution is 2.71. The molecule has 0 aromatic rings. The van der Waals surface area contributed by atoms with E-state index in [2.05, 4.69) is 13.0 Å². The molecule has 0 heterocycles. The smallest absolute Gasteiger partial charge is 0.162 e. The number of ketones is 1. The van der Waals surface area contributed by atoms with Crippen molar-refractivity contribution >= 4 is 5.78 Å². The Morgan fingerprint density at radius 3 is 2.87 bits per heavy atom. The predicted molar refractivity (Wildman–Crippen MR) is 58.2 cm³/mol. The molecule has 4 atom stereocenters. The number of hydrogen-bond acceptors (Lipinski definition) is 1. The van der Waals surface area contributed by atoms with E-state index in [4.69, 9.17) is 0 Å². The lowest BCUT2D eigenvalue weighted by Gasteiger charge is -2.29. The second-order valence-corrected chi connectivity index (χ2v) is 6.62. The zero-order chi connectivity index (χ0) is 10.3. The molecule has 3 saturated carbocycles. The first-order valence-electron chi connectivity index (χ1n) is 6.37. The standard InChI is InChI=1S/C14H18O/c1-13-10(2-3-12(13)15)6-9-7-14(4-5-14)8-11(9)13/h2-3,9-11H,4-8H2,1H3/t9-,10+,11+,13+/m0/s1. The molecule has 1 spiro atoms. The fourth-order valence-corrected chi connectivity index (χ4v) is 4.82. The highest BCUT2D eigenvalue weighted by atomic mass is 16.1. The second-order valence-electron chi connectivity index (χ2n) is 6.62. The van der Waals surface area contributed by atoms with E-state index in [-0.39, 0.29) is 5.41 Å². The second kappa shape index (κ2) is 2.23. The minimum atomic E-state index is 0.0107. The molecule has 3 fully saturated rings. The summed E-state index contributed by atoms with van der Waals surface area (Å²) in [7, 11) is 0. The molecule has 4 rings (SSSR count). The Kier molecular flexibility index (Phi) is 1.27. The number of rotatable bonds is 0. The van der Waals surface area contributed by atoms with Crippen LogP contribution in [0.2, 0.25) is 0 Å². The van der Waals surface area contributed by atoms with Crippen molar-refractivity contribution in [2.75, 3.05) is 0 Å². The highest BCUT2D eigenvalue weighted by Gasteiger charge is 2.64. The fourth-order valence-electron chi connectivity index (χ4n) is 4.82. The molecule has 0 N–H and O–H groups in total. The summed E-state index contributed by atoms with van der Waals surface area (Å²) in [6.07, 6.45) is 11.0. The van der Waals surface area contributed by atoms with Crippen LogP contribution in [-0.2, 0) is 4.79 Å². The molecule has 0 unspecified atom stereocenters. The quantitative estimate of drug-likeness (QED) is 0.590. The van der Waals surface area contributed by atoms with E-state index < -0.39 is 0 Å². The van der Waals surface area contributed by atoms with Crippen LogP contribution in [0.3, 0.4) is 0 Å². The minimum absolute atomic E-state index is 0.0107. The molecule has 0 amide bonds. The first kappa shape index (κ1) is 8.55. The first-order chi connectivity index (χ1) is 7.14. The molecule has 1 nitrogen and oxygen atoms in total. The summed E-state index contributed by atoms with van der Waals surface area (Å²) < 4.78 is 0. The summed E-state index contributed by atoms with van der Waals surface area (Å²) in [4.78, 5) is 12.1. The van der Waals surface area contributed by atoms with Crippen LogP contribution >= 0.6 is 0 Å². The van der Waals surface area contributed by atoms with Gasteiger partial charge in [-0.1, -0.05) is 13.0 Å². The summed E-state index contributed by atoms with van der Waals surface area (Å²) in [6, 6.07) is 0. The lowest BCUT2D eigenvalue weighted by Crippen LogP contribution is -2.32. The van der Waals surface area contributed by atoms with E-state index >= 15 is 0 Å². The van der Waals surface area contributed by atoms with Gasteiger partial charge in [0.2, 0.25) is 0 Å². The average molecular weight is 202 g/mol. The minimum Gasteiger partial charge on any atom is -0.294 e. The van der Waals surface area contributed by atoms with Crippen molar-refractivity contribution in [2.45, 2.75) is 39.0 Å². The van der Waals surface area contributed by atoms with Crippen LogP contribution in [-0.4, -0.2) is 5.78 Å². The Morgan fingerprint density at radius 1 is 1.33 bits per heavy atom.